The Labute approximate surface area is 78.9 Å². The maximum atomic E-state index is 4.30. The molecule has 0 aliphatic heterocycles. The van der Waals surface area contributed by atoms with Gasteiger partial charge in [0, 0.05) is 6.20 Å². The van der Waals surface area contributed by atoms with Gasteiger partial charge in [-0.1, -0.05) is 0 Å². The quantitative estimate of drug-likeness (QED) is 0.486. The maximum absolute atomic E-state index is 4.30. The largest absolute Gasteiger partial charge is 0.242 e. The predicted molar refractivity (Wildman–Crippen MR) is 50.4 cm³/mol. The molecule has 0 atom stereocenters. The Morgan fingerprint density at radius 3 is 2.79 bits per heavy atom. The summed E-state index contributed by atoms with van der Waals surface area (Å²) in [7, 11) is 0. The van der Waals surface area contributed by atoms with E-state index in [1.54, 1.807) is 12.4 Å². The highest BCUT2D eigenvalue weighted by atomic mass is 15.0. The molecule has 0 aromatic carbocycles. The topological polar surface area (TPSA) is 64.5 Å². The van der Waals surface area contributed by atoms with Gasteiger partial charge in [-0.2, -0.15) is 0 Å². The monoisotopic (exact) mass is 183 g/mol. The van der Waals surface area contributed by atoms with Crippen LogP contribution >= 0.6 is 0 Å². The summed E-state index contributed by atoms with van der Waals surface area (Å²) in [4.78, 5) is 20.6. The van der Waals surface area contributed by atoms with Crippen molar-refractivity contribution in [1.29, 1.82) is 0 Å². The molecule has 66 valence electrons. The molecule has 3 aromatic rings. The molecule has 0 unspecified atom stereocenters. The highest BCUT2D eigenvalue weighted by molar-refractivity contribution is 5.80. The summed E-state index contributed by atoms with van der Waals surface area (Å²) in [6, 6.07) is 3.68. The van der Waals surface area contributed by atoms with Gasteiger partial charge < -0.3 is 0 Å². The summed E-state index contributed by atoms with van der Waals surface area (Å²) in [6.45, 7) is 0. The molecule has 5 nitrogen and oxygen atoms in total. The molecule has 3 heterocycles. The molecule has 0 saturated carbocycles. The third-order valence-electron chi connectivity index (χ3n) is 1.89. The Kier molecular flexibility index (Phi) is 1.38. The average Bonchev–Trinajstić information content (AvgIpc) is 2.26. The zero-order valence-electron chi connectivity index (χ0n) is 7.12. The Morgan fingerprint density at radius 1 is 0.929 bits per heavy atom. The first-order chi connectivity index (χ1) is 6.93. The van der Waals surface area contributed by atoms with Gasteiger partial charge in [-0.25, -0.2) is 24.9 Å². The van der Waals surface area contributed by atoms with E-state index in [0.717, 1.165) is 5.52 Å². The fourth-order valence-electron chi connectivity index (χ4n) is 1.27. The minimum Gasteiger partial charge on any atom is -0.242 e. The predicted octanol–water partition coefficient (Wildman–Crippen LogP) is 0.968. The first-order valence-electron chi connectivity index (χ1n) is 4.12. The van der Waals surface area contributed by atoms with Crippen molar-refractivity contribution in [2.45, 2.75) is 0 Å². The van der Waals surface area contributed by atoms with E-state index in [2.05, 4.69) is 24.9 Å². The third kappa shape index (κ3) is 0.990. The normalized spacial score (nSPS) is 10.9. The Balaban J connectivity index is 2.52. The zero-order chi connectivity index (χ0) is 9.38. The van der Waals surface area contributed by atoms with Crippen LogP contribution in [0.15, 0.2) is 30.9 Å². The van der Waals surface area contributed by atoms with Gasteiger partial charge in [0.15, 0.2) is 11.3 Å². The molecule has 5 heteroatoms. The molecule has 0 radical (unpaired) electrons. The Morgan fingerprint density at radius 2 is 1.79 bits per heavy atom. The van der Waals surface area contributed by atoms with Crippen LogP contribution in [0.2, 0.25) is 0 Å². The van der Waals surface area contributed by atoms with Gasteiger partial charge in [-0.3, -0.25) is 0 Å². The molecule has 3 rings (SSSR count). The minimum atomic E-state index is 0.598. The van der Waals surface area contributed by atoms with Gasteiger partial charge in [-0.05, 0) is 12.1 Å². The summed E-state index contributed by atoms with van der Waals surface area (Å²) in [6.07, 6.45) is 4.77. The number of aromatic nitrogens is 5. The van der Waals surface area contributed by atoms with Crippen molar-refractivity contribution >= 4 is 22.3 Å². The van der Waals surface area contributed by atoms with Gasteiger partial charge in [0.05, 0.1) is 6.20 Å². The smallest absolute Gasteiger partial charge is 0.182 e. The van der Waals surface area contributed by atoms with Crippen LogP contribution in [-0.4, -0.2) is 24.9 Å². The summed E-state index contributed by atoms with van der Waals surface area (Å²) < 4.78 is 0. The molecule has 3 aromatic heterocycles. The molecule has 0 aliphatic carbocycles. The van der Waals surface area contributed by atoms with Crippen molar-refractivity contribution in [3.05, 3.63) is 30.9 Å². The minimum absolute atomic E-state index is 0.598. The SMILES string of the molecule is c1cnc2nc3cncnc3nc2c1. The Bertz CT molecular complexity index is 502. The molecule has 0 saturated heterocycles. The number of pyridine rings is 1. The van der Waals surface area contributed by atoms with E-state index >= 15 is 0 Å². The van der Waals surface area contributed by atoms with E-state index in [0.29, 0.717) is 16.8 Å². The highest BCUT2D eigenvalue weighted by Gasteiger charge is 2.01. The lowest BCUT2D eigenvalue weighted by Gasteiger charge is -1.96. The van der Waals surface area contributed by atoms with Crippen LogP contribution in [-0.2, 0) is 0 Å². The van der Waals surface area contributed by atoms with E-state index in [4.69, 9.17) is 0 Å². The van der Waals surface area contributed by atoms with E-state index in [9.17, 15) is 0 Å². The lowest BCUT2D eigenvalue weighted by atomic mass is 10.4. The van der Waals surface area contributed by atoms with Crippen LogP contribution in [0.4, 0.5) is 0 Å². The van der Waals surface area contributed by atoms with Crippen molar-refractivity contribution < 1.29 is 0 Å². The molecule has 0 spiro atoms. The molecule has 14 heavy (non-hydrogen) atoms. The second kappa shape index (κ2) is 2.66. The lowest BCUT2D eigenvalue weighted by molar-refractivity contribution is 1.16. The van der Waals surface area contributed by atoms with Gasteiger partial charge in [-0.15, -0.1) is 0 Å². The van der Waals surface area contributed by atoms with Crippen LogP contribution < -0.4 is 0 Å². The third-order valence-corrected chi connectivity index (χ3v) is 1.89. The number of fused-ring (bicyclic) bond motifs is 2. The summed E-state index contributed by atoms with van der Waals surface area (Å²) in [5.74, 6) is 0. The van der Waals surface area contributed by atoms with Crippen LogP contribution in [0.3, 0.4) is 0 Å². The highest BCUT2D eigenvalue weighted by Crippen LogP contribution is 2.09. The van der Waals surface area contributed by atoms with Crippen LogP contribution in [0.25, 0.3) is 22.3 Å². The average molecular weight is 183 g/mol. The van der Waals surface area contributed by atoms with Crippen LogP contribution in [0.5, 0.6) is 0 Å². The fourth-order valence-corrected chi connectivity index (χ4v) is 1.27. The van der Waals surface area contributed by atoms with Crippen molar-refractivity contribution in [1.82, 2.24) is 24.9 Å². The van der Waals surface area contributed by atoms with Crippen molar-refractivity contribution in [3.63, 3.8) is 0 Å². The Hall–Kier alpha value is -2.17. The fraction of sp³-hybridized carbons (Fsp3) is 0. The molecule has 0 fully saturated rings. The second-order valence-electron chi connectivity index (χ2n) is 2.80. The van der Waals surface area contributed by atoms with Gasteiger partial charge >= 0.3 is 0 Å². The molecule has 0 amide bonds. The first-order valence-corrected chi connectivity index (χ1v) is 4.12. The molecular weight excluding hydrogens is 178 g/mol. The van der Waals surface area contributed by atoms with Crippen molar-refractivity contribution in [3.8, 4) is 0 Å². The van der Waals surface area contributed by atoms with Gasteiger partial charge in [0.25, 0.3) is 0 Å². The molecule has 0 aliphatic rings. The van der Waals surface area contributed by atoms with Crippen LogP contribution in [0.1, 0.15) is 0 Å². The maximum Gasteiger partial charge on any atom is 0.182 e. The van der Waals surface area contributed by atoms with Gasteiger partial charge in [0.1, 0.15) is 17.4 Å². The van der Waals surface area contributed by atoms with E-state index < -0.39 is 0 Å². The second-order valence-corrected chi connectivity index (χ2v) is 2.80. The number of hydrogen-bond donors (Lipinski definition) is 0. The first kappa shape index (κ1) is 7.25. The number of hydrogen-bond acceptors (Lipinski definition) is 5. The van der Waals surface area contributed by atoms with Crippen molar-refractivity contribution in [2.24, 2.45) is 0 Å². The number of nitrogens with zero attached hydrogens (tertiary/aromatic N) is 5. The van der Waals surface area contributed by atoms with E-state index in [-0.39, 0.29) is 0 Å². The number of rotatable bonds is 0. The van der Waals surface area contributed by atoms with E-state index in [1.807, 2.05) is 12.1 Å². The van der Waals surface area contributed by atoms with Crippen molar-refractivity contribution in [2.75, 3.05) is 0 Å². The standard InChI is InChI=1S/C9H5N5/c1-2-6-8(11-3-1)14-7-4-10-5-12-9(7)13-6/h1-5H. The molecule has 0 N–H and O–H groups in total. The zero-order valence-corrected chi connectivity index (χ0v) is 7.12. The van der Waals surface area contributed by atoms with Crippen LogP contribution in [0, 0.1) is 0 Å². The van der Waals surface area contributed by atoms with Gasteiger partial charge in [0.2, 0.25) is 0 Å². The van der Waals surface area contributed by atoms with E-state index in [1.165, 1.54) is 6.33 Å². The lowest BCUT2D eigenvalue weighted by Crippen LogP contribution is -1.91. The molecular formula is C9H5N5. The summed E-state index contributed by atoms with van der Waals surface area (Å²) in [5, 5.41) is 0. The molecule has 0 bridgehead atoms. The summed E-state index contributed by atoms with van der Waals surface area (Å²) in [5.41, 5.74) is 2.63. The summed E-state index contributed by atoms with van der Waals surface area (Å²) >= 11 is 0.